The molecule has 2 aromatic heterocycles. The fraction of sp³-hybridized carbons (Fsp3) is 0.474. The Morgan fingerprint density at radius 1 is 0.590 bits per heavy atom. The number of amides is 2. The summed E-state index contributed by atoms with van der Waals surface area (Å²) in [5.41, 5.74) is -0.561. The Bertz CT molecular complexity index is 2840. The number of nitrogens with zero attached hydrogens (tertiary/aromatic N) is 8. The molecule has 2 aliphatic rings. The zero-order chi connectivity index (χ0) is 57.0. The van der Waals surface area contributed by atoms with E-state index < -0.39 is 94.0 Å². The molecule has 2 fully saturated rings. The van der Waals surface area contributed by atoms with E-state index in [2.05, 4.69) is 30.8 Å². The van der Waals surface area contributed by atoms with Crippen molar-refractivity contribution in [3.05, 3.63) is 143 Å². The molecule has 0 bridgehead atoms. The van der Waals surface area contributed by atoms with Gasteiger partial charge < -0.3 is 25.5 Å². The van der Waals surface area contributed by atoms with Gasteiger partial charge in [0.15, 0.2) is 23.3 Å². The standard InChI is InChI=1S/C29H35F4N5O.C28H33F4N5O2/c1-17(2)28(39)37(16-19-13-34-14-24(19)33)25(29(3,4)5)27-35-26(22-12-21(31)9-10-23(22)32)36-38(27)15-18-7-6-8-20(30)11-18;1-16(38)27(39)36(15-18-12-33-13-23(18)32)24(28(2,3)4)26-34-25(21-11-20(30)8-9-22(21)31)35-37(26)14-17-6-5-7-19(29)10-17/h6-12,17,19,24-25,34H,13-16H2,1-5H3;5-11,16,18,23-24,33,38H,12-15H2,1-4H3/t19-,24-,25-;16-,18-,23-,24-/m00/s1. The normalized spacial score (nSPS) is 18.9. The quantitative estimate of drug-likeness (QED) is 0.0807. The number of nitrogens with one attached hydrogen (secondary N) is 2. The molecule has 0 spiro atoms. The van der Waals surface area contributed by atoms with Gasteiger partial charge in [0.25, 0.3) is 5.91 Å². The van der Waals surface area contributed by atoms with Crippen LogP contribution in [-0.4, -0.2) is 114 Å². The van der Waals surface area contributed by atoms with Gasteiger partial charge in [0.1, 0.15) is 53.4 Å². The number of aliphatic hydroxyl groups excluding tert-OH is 1. The molecular formula is C57H68F8N10O3. The molecule has 6 aromatic rings. The predicted molar refractivity (Wildman–Crippen MR) is 279 cm³/mol. The topological polar surface area (TPSA) is 146 Å². The summed E-state index contributed by atoms with van der Waals surface area (Å²) < 4.78 is 118. The van der Waals surface area contributed by atoms with Gasteiger partial charge in [-0.15, -0.1) is 0 Å². The zero-order valence-electron chi connectivity index (χ0n) is 45.2. The number of benzene rings is 4. The first kappa shape index (κ1) is 59.1. The molecular weight excluding hydrogens is 1020 g/mol. The second-order valence-corrected chi connectivity index (χ2v) is 22.6. The maximum Gasteiger partial charge on any atom is 0.251 e. The summed E-state index contributed by atoms with van der Waals surface area (Å²) in [6.07, 6.45) is -3.70. The van der Waals surface area contributed by atoms with Crippen LogP contribution in [0.1, 0.15) is 97.2 Å². The van der Waals surface area contributed by atoms with E-state index in [9.17, 15) is 49.8 Å². The van der Waals surface area contributed by atoms with Gasteiger partial charge in [-0.25, -0.2) is 54.5 Å². The number of alkyl halides is 2. The Balaban J connectivity index is 0.000000226. The minimum absolute atomic E-state index is 0.0109. The van der Waals surface area contributed by atoms with Crippen molar-refractivity contribution in [2.75, 3.05) is 39.3 Å². The van der Waals surface area contributed by atoms with E-state index in [0.717, 1.165) is 36.4 Å². The number of carbonyl (C=O) groups is 2. The number of hydrogen-bond acceptors (Lipinski definition) is 9. The molecule has 0 aliphatic carbocycles. The largest absolute Gasteiger partial charge is 0.384 e. The monoisotopic (exact) mass is 1090 g/mol. The Morgan fingerprint density at radius 3 is 1.31 bits per heavy atom. The third-order valence-electron chi connectivity index (χ3n) is 13.7. The molecule has 7 atom stereocenters. The van der Waals surface area contributed by atoms with E-state index >= 15 is 0 Å². The molecule has 13 nitrogen and oxygen atoms in total. The molecule has 4 aromatic carbocycles. The first-order valence-corrected chi connectivity index (χ1v) is 26.0. The van der Waals surface area contributed by atoms with Crippen molar-refractivity contribution >= 4 is 11.8 Å². The van der Waals surface area contributed by atoms with E-state index in [-0.39, 0.29) is 79.7 Å². The number of rotatable bonds is 16. The van der Waals surface area contributed by atoms with Gasteiger partial charge in [0, 0.05) is 57.0 Å². The van der Waals surface area contributed by atoms with E-state index in [1.54, 1.807) is 36.9 Å². The van der Waals surface area contributed by atoms with Crippen LogP contribution < -0.4 is 10.6 Å². The van der Waals surface area contributed by atoms with Crippen LogP contribution in [0, 0.1) is 63.5 Å². The number of halogens is 8. The number of hydrogen-bond donors (Lipinski definition) is 3. The van der Waals surface area contributed by atoms with Crippen molar-refractivity contribution in [1.29, 1.82) is 0 Å². The summed E-state index contributed by atoms with van der Waals surface area (Å²) in [7, 11) is 0. The molecule has 21 heteroatoms. The van der Waals surface area contributed by atoms with Crippen molar-refractivity contribution < 1.29 is 49.8 Å². The van der Waals surface area contributed by atoms with E-state index in [0.29, 0.717) is 30.0 Å². The Labute approximate surface area is 449 Å². The fourth-order valence-corrected chi connectivity index (χ4v) is 10.00. The SMILES string of the molecule is CC(C)C(=O)N(C[C@@H]1CNC[C@@H]1F)[C@@H](c1nc(-c2cc(F)ccc2F)nn1Cc1cccc(F)c1)C(C)(C)C.C[C@H](O)C(=O)N(C[C@@H]1CNC[C@@H]1F)[C@@H](c1nc(-c2cc(F)ccc2F)nn1Cc1cccc(F)c1)C(C)(C)C. The first-order chi connectivity index (χ1) is 36.7. The molecule has 8 rings (SSSR count). The highest BCUT2D eigenvalue weighted by Gasteiger charge is 2.44. The maximum atomic E-state index is 14.8. The average Bonchev–Trinajstić information content (AvgIpc) is 4.37. The van der Waals surface area contributed by atoms with Crippen molar-refractivity contribution in [3.8, 4) is 22.8 Å². The molecule has 4 heterocycles. The fourth-order valence-electron chi connectivity index (χ4n) is 10.00. The minimum Gasteiger partial charge on any atom is -0.384 e. The molecule has 78 heavy (non-hydrogen) atoms. The van der Waals surface area contributed by atoms with Crippen LogP contribution in [-0.2, 0) is 22.7 Å². The summed E-state index contributed by atoms with van der Waals surface area (Å²) in [4.78, 5) is 39.4. The maximum absolute atomic E-state index is 14.8. The van der Waals surface area contributed by atoms with Crippen molar-refractivity contribution in [2.45, 2.75) is 106 Å². The average molecular weight is 1090 g/mol. The highest BCUT2D eigenvalue weighted by Crippen LogP contribution is 2.42. The van der Waals surface area contributed by atoms with E-state index in [1.807, 2.05) is 41.5 Å². The van der Waals surface area contributed by atoms with Gasteiger partial charge in [-0.2, -0.15) is 10.2 Å². The number of aromatic nitrogens is 6. The van der Waals surface area contributed by atoms with Crippen molar-refractivity contribution in [1.82, 2.24) is 50.0 Å². The molecule has 0 unspecified atom stereocenters. The Hall–Kier alpha value is -6.58. The second-order valence-electron chi connectivity index (χ2n) is 22.6. The van der Waals surface area contributed by atoms with Gasteiger partial charge >= 0.3 is 0 Å². The first-order valence-electron chi connectivity index (χ1n) is 26.0. The highest BCUT2D eigenvalue weighted by molar-refractivity contribution is 5.81. The molecule has 0 saturated carbocycles. The number of carbonyl (C=O) groups excluding carboxylic acids is 2. The van der Waals surface area contributed by atoms with Crippen LogP contribution in [0.4, 0.5) is 35.1 Å². The lowest BCUT2D eigenvalue weighted by molar-refractivity contribution is -0.146. The molecule has 2 aliphatic heterocycles. The van der Waals surface area contributed by atoms with E-state index in [4.69, 9.17) is 0 Å². The third-order valence-corrected chi connectivity index (χ3v) is 13.7. The molecule has 0 radical (unpaired) electrons. The van der Waals surface area contributed by atoms with E-state index in [1.165, 1.54) is 51.5 Å². The lowest BCUT2D eigenvalue weighted by atomic mass is 9.83. The Kier molecular flexibility index (Phi) is 18.6. The lowest BCUT2D eigenvalue weighted by Crippen LogP contribution is -2.49. The van der Waals surface area contributed by atoms with Gasteiger partial charge in [-0.1, -0.05) is 79.7 Å². The van der Waals surface area contributed by atoms with Crippen LogP contribution in [0.2, 0.25) is 0 Å². The third kappa shape index (κ3) is 14.2. The second kappa shape index (κ2) is 24.6. The van der Waals surface area contributed by atoms with Gasteiger partial charge in [0.2, 0.25) is 5.91 Å². The van der Waals surface area contributed by atoms with Crippen LogP contribution in [0.15, 0.2) is 84.9 Å². The summed E-state index contributed by atoms with van der Waals surface area (Å²) in [6, 6.07) is 16.2. The summed E-state index contributed by atoms with van der Waals surface area (Å²) in [5.74, 6) is -5.49. The lowest BCUT2D eigenvalue weighted by Gasteiger charge is -2.41. The summed E-state index contributed by atoms with van der Waals surface area (Å²) >= 11 is 0. The number of aliphatic hydroxyl groups is 1. The minimum atomic E-state index is -1.39. The molecule has 2 amide bonds. The molecule has 420 valence electrons. The predicted octanol–water partition coefficient (Wildman–Crippen LogP) is 9.80. The molecule has 3 N–H and O–H groups in total. The van der Waals surface area contributed by atoms with Gasteiger partial charge in [-0.05, 0) is 89.5 Å². The van der Waals surface area contributed by atoms with Gasteiger partial charge in [0.05, 0.1) is 36.3 Å². The van der Waals surface area contributed by atoms with Crippen molar-refractivity contribution in [3.63, 3.8) is 0 Å². The highest BCUT2D eigenvalue weighted by atomic mass is 19.2. The van der Waals surface area contributed by atoms with Crippen LogP contribution >= 0.6 is 0 Å². The summed E-state index contributed by atoms with van der Waals surface area (Å²) in [5, 5.41) is 25.3. The van der Waals surface area contributed by atoms with Crippen LogP contribution in [0.3, 0.4) is 0 Å². The van der Waals surface area contributed by atoms with Crippen LogP contribution in [0.5, 0.6) is 0 Å². The smallest absolute Gasteiger partial charge is 0.251 e. The van der Waals surface area contributed by atoms with Crippen molar-refractivity contribution in [2.24, 2.45) is 28.6 Å². The zero-order valence-corrected chi connectivity index (χ0v) is 45.2. The molecule has 2 saturated heterocycles. The van der Waals surface area contributed by atoms with Crippen LogP contribution in [0.25, 0.3) is 22.8 Å². The van der Waals surface area contributed by atoms with Gasteiger partial charge in [-0.3, -0.25) is 9.59 Å². The summed E-state index contributed by atoms with van der Waals surface area (Å²) in [6.45, 7) is 17.6. The Morgan fingerprint density at radius 2 is 0.974 bits per heavy atom.